The van der Waals surface area contributed by atoms with Crippen LogP contribution in [-0.4, -0.2) is 35.9 Å². The van der Waals surface area contributed by atoms with Gasteiger partial charge in [-0.2, -0.15) is 0 Å². The SMILES string of the molecule is CC#CCCC(=O)O.COc1ccc(OCC(=O)O)cc1. The van der Waals surface area contributed by atoms with Crippen molar-refractivity contribution in [1.82, 2.24) is 0 Å². The smallest absolute Gasteiger partial charge is 0.341 e. The Kier molecular flexibility index (Phi) is 9.75. The van der Waals surface area contributed by atoms with Gasteiger partial charge in [-0.3, -0.25) is 4.79 Å². The highest BCUT2D eigenvalue weighted by molar-refractivity contribution is 5.68. The molecule has 0 saturated heterocycles. The highest BCUT2D eigenvalue weighted by atomic mass is 16.5. The van der Waals surface area contributed by atoms with Crippen molar-refractivity contribution < 1.29 is 29.3 Å². The van der Waals surface area contributed by atoms with Crippen molar-refractivity contribution in [2.75, 3.05) is 13.7 Å². The normalized spacial score (nSPS) is 8.48. The van der Waals surface area contributed by atoms with Gasteiger partial charge in [0.25, 0.3) is 0 Å². The first-order valence-corrected chi connectivity index (χ1v) is 6.09. The molecule has 0 fully saturated rings. The minimum atomic E-state index is -0.990. The largest absolute Gasteiger partial charge is 0.497 e. The predicted molar refractivity (Wildman–Crippen MR) is 76.4 cm³/mol. The fourth-order valence-corrected chi connectivity index (χ4v) is 1.11. The topological polar surface area (TPSA) is 93.1 Å². The number of carboxylic acids is 2. The zero-order chi connectivity index (χ0) is 16.1. The zero-order valence-electron chi connectivity index (χ0n) is 12.0. The maximum absolute atomic E-state index is 10.1. The van der Waals surface area contributed by atoms with Crippen LogP contribution in [0.3, 0.4) is 0 Å². The van der Waals surface area contributed by atoms with Crippen molar-refractivity contribution in [2.24, 2.45) is 0 Å². The van der Waals surface area contributed by atoms with Gasteiger partial charge in [-0.15, -0.1) is 11.8 Å². The summed E-state index contributed by atoms with van der Waals surface area (Å²) in [6.45, 7) is 1.37. The Morgan fingerprint density at radius 1 is 1.10 bits per heavy atom. The maximum Gasteiger partial charge on any atom is 0.341 e. The van der Waals surface area contributed by atoms with E-state index < -0.39 is 11.9 Å². The van der Waals surface area contributed by atoms with Gasteiger partial charge in [0.2, 0.25) is 0 Å². The van der Waals surface area contributed by atoms with E-state index >= 15 is 0 Å². The van der Waals surface area contributed by atoms with E-state index in [0.29, 0.717) is 17.9 Å². The molecule has 0 aliphatic heterocycles. The average molecular weight is 294 g/mol. The minimum Gasteiger partial charge on any atom is -0.497 e. The molecule has 0 bridgehead atoms. The third-order valence-corrected chi connectivity index (χ3v) is 2.06. The van der Waals surface area contributed by atoms with Crippen LogP contribution in [0.25, 0.3) is 0 Å². The summed E-state index contributed by atoms with van der Waals surface area (Å²) in [4.78, 5) is 20.0. The van der Waals surface area contributed by atoms with Crippen molar-refractivity contribution in [2.45, 2.75) is 19.8 Å². The van der Waals surface area contributed by atoms with Gasteiger partial charge in [0.15, 0.2) is 6.61 Å². The number of aliphatic carboxylic acids is 2. The Labute approximate surface area is 123 Å². The fraction of sp³-hybridized carbons (Fsp3) is 0.333. The third-order valence-electron chi connectivity index (χ3n) is 2.06. The average Bonchev–Trinajstić information content (AvgIpc) is 2.46. The zero-order valence-corrected chi connectivity index (χ0v) is 12.0. The highest BCUT2D eigenvalue weighted by Crippen LogP contribution is 2.16. The molecule has 6 heteroatoms. The number of hydrogen-bond acceptors (Lipinski definition) is 4. The van der Waals surface area contributed by atoms with E-state index in [2.05, 4.69) is 11.8 Å². The maximum atomic E-state index is 10.1. The van der Waals surface area contributed by atoms with E-state index in [-0.39, 0.29) is 13.0 Å². The van der Waals surface area contributed by atoms with Crippen LogP contribution >= 0.6 is 0 Å². The Bertz CT molecular complexity index is 495. The molecular weight excluding hydrogens is 276 g/mol. The molecule has 0 aliphatic rings. The quantitative estimate of drug-likeness (QED) is 0.780. The number of methoxy groups -OCH3 is 1. The van der Waals surface area contributed by atoms with Crippen LogP contribution in [0, 0.1) is 11.8 Å². The first-order valence-electron chi connectivity index (χ1n) is 6.09. The summed E-state index contributed by atoms with van der Waals surface area (Å²) in [6, 6.07) is 6.72. The van der Waals surface area contributed by atoms with Crippen molar-refractivity contribution in [3.05, 3.63) is 24.3 Å². The molecule has 0 unspecified atom stereocenters. The van der Waals surface area contributed by atoms with Crippen LogP contribution in [0.15, 0.2) is 24.3 Å². The molecule has 0 radical (unpaired) electrons. The van der Waals surface area contributed by atoms with E-state index in [0.717, 1.165) is 0 Å². The summed E-state index contributed by atoms with van der Waals surface area (Å²) in [5, 5.41) is 16.4. The van der Waals surface area contributed by atoms with Gasteiger partial charge in [0, 0.05) is 6.42 Å². The first kappa shape index (κ1) is 18.3. The van der Waals surface area contributed by atoms with Crippen molar-refractivity contribution in [3.8, 4) is 23.3 Å². The molecule has 0 saturated carbocycles. The molecule has 6 nitrogen and oxygen atoms in total. The number of carbonyl (C=O) groups is 2. The molecule has 0 aliphatic carbocycles. The molecule has 0 spiro atoms. The van der Waals surface area contributed by atoms with Gasteiger partial charge in [-0.25, -0.2) is 4.79 Å². The second kappa shape index (κ2) is 11.2. The monoisotopic (exact) mass is 294 g/mol. The van der Waals surface area contributed by atoms with Gasteiger partial charge in [-0.1, -0.05) is 0 Å². The Balaban J connectivity index is 0.000000433. The van der Waals surface area contributed by atoms with Crippen LogP contribution in [-0.2, 0) is 9.59 Å². The van der Waals surface area contributed by atoms with Gasteiger partial charge in [-0.05, 0) is 31.2 Å². The Morgan fingerprint density at radius 2 is 1.67 bits per heavy atom. The summed E-state index contributed by atoms with van der Waals surface area (Å²) in [5.41, 5.74) is 0. The van der Waals surface area contributed by atoms with Crippen LogP contribution < -0.4 is 9.47 Å². The molecule has 0 heterocycles. The van der Waals surface area contributed by atoms with Crippen LogP contribution in [0.1, 0.15) is 19.8 Å². The summed E-state index contributed by atoms with van der Waals surface area (Å²) in [6.07, 6.45) is 0.618. The molecule has 0 atom stereocenters. The second-order valence-electron chi connectivity index (χ2n) is 3.68. The van der Waals surface area contributed by atoms with Gasteiger partial charge < -0.3 is 19.7 Å². The molecule has 114 valence electrons. The lowest BCUT2D eigenvalue weighted by molar-refractivity contribution is -0.139. The van der Waals surface area contributed by atoms with E-state index in [1.165, 1.54) is 0 Å². The minimum absolute atomic E-state index is 0.154. The molecule has 0 aromatic heterocycles. The van der Waals surface area contributed by atoms with E-state index in [1.807, 2.05) is 0 Å². The number of hydrogen-bond donors (Lipinski definition) is 2. The van der Waals surface area contributed by atoms with Crippen LogP contribution in [0.4, 0.5) is 0 Å². The number of benzene rings is 1. The summed E-state index contributed by atoms with van der Waals surface area (Å²) in [5.74, 6) is 4.71. The lowest BCUT2D eigenvalue weighted by atomic mass is 10.3. The molecule has 0 amide bonds. The lowest BCUT2D eigenvalue weighted by Gasteiger charge is -2.03. The van der Waals surface area contributed by atoms with Crippen LogP contribution in [0.2, 0.25) is 0 Å². The summed E-state index contributed by atoms with van der Waals surface area (Å²) < 4.78 is 9.83. The van der Waals surface area contributed by atoms with E-state index in [1.54, 1.807) is 38.3 Å². The summed E-state index contributed by atoms with van der Waals surface area (Å²) in [7, 11) is 1.56. The number of rotatable bonds is 6. The molecule has 1 aromatic rings. The highest BCUT2D eigenvalue weighted by Gasteiger charge is 1.98. The van der Waals surface area contributed by atoms with Crippen molar-refractivity contribution >= 4 is 11.9 Å². The van der Waals surface area contributed by atoms with Gasteiger partial charge in [0.1, 0.15) is 11.5 Å². The van der Waals surface area contributed by atoms with E-state index in [9.17, 15) is 9.59 Å². The van der Waals surface area contributed by atoms with Crippen LogP contribution in [0.5, 0.6) is 11.5 Å². The standard InChI is InChI=1S/C9H10O4.C6H8O2/c1-12-7-2-4-8(5-3-7)13-6-9(10)11;1-2-3-4-5-6(7)8/h2-5H,6H2,1H3,(H,10,11);4-5H2,1H3,(H,7,8). The molecule has 21 heavy (non-hydrogen) atoms. The van der Waals surface area contributed by atoms with Crippen molar-refractivity contribution in [1.29, 1.82) is 0 Å². The van der Waals surface area contributed by atoms with E-state index in [4.69, 9.17) is 19.7 Å². The Morgan fingerprint density at radius 3 is 2.10 bits per heavy atom. The Hall–Kier alpha value is -2.68. The number of ether oxygens (including phenoxy) is 2. The fourth-order valence-electron chi connectivity index (χ4n) is 1.11. The first-order chi connectivity index (χ1) is 9.99. The molecule has 2 N–H and O–H groups in total. The second-order valence-corrected chi connectivity index (χ2v) is 3.68. The lowest BCUT2D eigenvalue weighted by Crippen LogP contribution is -2.09. The van der Waals surface area contributed by atoms with Gasteiger partial charge in [0.05, 0.1) is 13.5 Å². The molecule has 1 rings (SSSR count). The molecule has 1 aromatic carbocycles. The molecular formula is C15H18O6. The predicted octanol–water partition coefficient (Wildman–Crippen LogP) is 2.03. The van der Waals surface area contributed by atoms with Crippen molar-refractivity contribution in [3.63, 3.8) is 0 Å². The number of carboxylic acid groups (broad SMARTS) is 2. The van der Waals surface area contributed by atoms with Gasteiger partial charge >= 0.3 is 11.9 Å². The summed E-state index contributed by atoms with van der Waals surface area (Å²) >= 11 is 0. The third kappa shape index (κ3) is 10.9.